The predicted octanol–water partition coefficient (Wildman–Crippen LogP) is 1.45. The van der Waals surface area contributed by atoms with E-state index < -0.39 is 10.0 Å². The van der Waals surface area contributed by atoms with Crippen molar-refractivity contribution >= 4 is 21.5 Å². The van der Waals surface area contributed by atoms with Gasteiger partial charge in [-0.1, -0.05) is 24.3 Å². The summed E-state index contributed by atoms with van der Waals surface area (Å²) in [7, 11) is -3.21. The van der Waals surface area contributed by atoms with Gasteiger partial charge in [0.1, 0.15) is 0 Å². The first-order chi connectivity index (χ1) is 9.85. The fourth-order valence-electron chi connectivity index (χ4n) is 1.84. The molecule has 5 nitrogen and oxygen atoms in total. The van der Waals surface area contributed by atoms with E-state index in [1.807, 2.05) is 38.1 Å². The van der Waals surface area contributed by atoms with Crippen molar-refractivity contribution in [1.29, 1.82) is 0 Å². The normalized spacial score (nSPS) is 12.2. The van der Waals surface area contributed by atoms with Crippen LogP contribution in [0.5, 0.6) is 0 Å². The van der Waals surface area contributed by atoms with Gasteiger partial charge in [-0.25, -0.2) is 13.1 Å². The highest BCUT2D eigenvalue weighted by Gasteiger charge is 2.06. The highest BCUT2D eigenvalue weighted by Crippen LogP contribution is 2.17. The minimum absolute atomic E-state index is 0.0350. The summed E-state index contributed by atoms with van der Waals surface area (Å²) < 4.78 is 24.8. The summed E-state index contributed by atoms with van der Waals surface area (Å²) in [6, 6.07) is 7.83. The molecule has 1 aromatic rings. The Kier molecular flexibility index (Phi) is 6.58. The number of hydrogen-bond donors (Lipinski definition) is 2. The number of sulfonamides is 1. The molecule has 0 aliphatic rings. The largest absolute Gasteiger partial charge is 0.351 e. The summed E-state index contributed by atoms with van der Waals surface area (Å²) in [5, 5.41) is 2.66. The Morgan fingerprint density at radius 2 is 1.90 bits per heavy atom. The molecule has 0 heterocycles. The third kappa shape index (κ3) is 6.10. The van der Waals surface area contributed by atoms with Crippen molar-refractivity contribution in [3.8, 4) is 0 Å². The lowest BCUT2D eigenvalue weighted by atomic mass is 10.0. The Morgan fingerprint density at radius 3 is 2.52 bits per heavy atom. The van der Waals surface area contributed by atoms with E-state index in [-0.39, 0.29) is 24.7 Å². The lowest BCUT2D eigenvalue weighted by Crippen LogP contribution is -2.34. The summed E-state index contributed by atoms with van der Waals surface area (Å²) in [5.41, 5.74) is 3.01. The number of rotatable bonds is 7. The van der Waals surface area contributed by atoms with Gasteiger partial charge in [-0.2, -0.15) is 0 Å². The number of allylic oxidation sites excluding steroid dienone is 1. The lowest BCUT2D eigenvalue weighted by Gasteiger charge is -2.07. The van der Waals surface area contributed by atoms with Crippen LogP contribution in [0.15, 0.2) is 30.3 Å². The fourth-order valence-corrected chi connectivity index (χ4v) is 2.45. The van der Waals surface area contributed by atoms with Gasteiger partial charge in [0.05, 0.1) is 5.75 Å². The average Bonchev–Trinajstić information content (AvgIpc) is 2.44. The van der Waals surface area contributed by atoms with Gasteiger partial charge in [0.15, 0.2) is 0 Å². The molecule has 116 valence electrons. The summed E-state index contributed by atoms with van der Waals surface area (Å²) in [5.74, 6) is -0.195. The van der Waals surface area contributed by atoms with E-state index in [1.165, 1.54) is 6.08 Å². The number of benzene rings is 1. The number of carbonyl (C=O) groups is 1. The van der Waals surface area contributed by atoms with Crippen LogP contribution in [0.3, 0.4) is 0 Å². The van der Waals surface area contributed by atoms with Crippen molar-refractivity contribution in [3.05, 3.63) is 41.5 Å². The van der Waals surface area contributed by atoms with Crippen molar-refractivity contribution in [3.63, 3.8) is 0 Å². The quantitative estimate of drug-likeness (QED) is 0.591. The van der Waals surface area contributed by atoms with Crippen LogP contribution in [-0.2, 0) is 14.8 Å². The average molecular weight is 310 g/mol. The Labute approximate surface area is 126 Å². The first kappa shape index (κ1) is 17.4. The SMILES string of the molecule is CCS(=O)(=O)NCCNC(=O)/C=C(/C)c1ccccc1C. The molecular formula is C15H22N2O3S. The standard InChI is InChI=1S/C15H22N2O3S/c1-4-21(19,20)17-10-9-16-15(18)11-13(3)14-8-6-5-7-12(14)2/h5-8,11,17H,4,9-10H2,1-3H3,(H,16,18)/b13-11-. The zero-order valence-electron chi connectivity index (χ0n) is 12.6. The van der Waals surface area contributed by atoms with Gasteiger partial charge in [0.25, 0.3) is 0 Å². The lowest BCUT2D eigenvalue weighted by molar-refractivity contribution is -0.116. The van der Waals surface area contributed by atoms with Gasteiger partial charge in [-0.15, -0.1) is 0 Å². The first-order valence-electron chi connectivity index (χ1n) is 6.85. The van der Waals surface area contributed by atoms with Gasteiger partial charge in [-0.05, 0) is 37.5 Å². The second-order valence-electron chi connectivity index (χ2n) is 4.73. The van der Waals surface area contributed by atoms with Gasteiger partial charge in [0, 0.05) is 19.2 Å². The van der Waals surface area contributed by atoms with Crippen LogP contribution in [-0.4, -0.2) is 33.2 Å². The number of nitrogens with one attached hydrogen (secondary N) is 2. The minimum Gasteiger partial charge on any atom is -0.351 e. The maximum Gasteiger partial charge on any atom is 0.244 e. The van der Waals surface area contributed by atoms with Crippen molar-refractivity contribution in [2.45, 2.75) is 20.8 Å². The molecule has 0 spiro atoms. The molecule has 0 radical (unpaired) electrons. The summed E-state index contributed by atoms with van der Waals surface area (Å²) in [4.78, 5) is 11.8. The molecule has 1 aromatic carbocycles. The molecule has 0 bridgehead atoms. The van der Waals surface area contributed by atoms with E-state index >= 15 is 0 Å². The van der Waals surface area contributed by atoms with Crippen LogP contribution in [0.2, 0.25) is 0 Å². The maximum absolute atomic E-state index is 11.8. The molecule has 2 N–H and O–H groups in total. The van der Waals surface area contributed by atoms with Gasteiger partial charge >= 0.3 is 0 Å². The van der Waals surface area contributed by atoms with Crippen molar-refractivity contribution < 1.29 is 13.2 Å². The first-order valence-corrected chi connectivity index (χ1v) is 8.50. The smallest absolute Gasteiger partial charge is 0.244 e. The third-order valence-corrected chi connectivity index (χ3v) is 4.45. The molecular weight excluding hydrogens is 288 g/mol. The zero-order valence-corrected chi connectivity index (χ0v) is 13.5. The van der Waals surface area contributed by atoms with E-state index in [2.05, 4.69) is 10.0 Å². The molecule has 0 fully saturated rings. The van der Waals surface area contributed by atoms with Gasteiger partial charge < -0.3 is 5.32 Å². The molecule has 6 heteroatoms. The fraction of sp³-hybridized carbons (Fsp3) is 0.400. The Morgan fingerprint density at radius 1 is 1.24 bits per heavy atom. The second kappa shape index (κ2) is 7.95. The number of aryl methyl sites for hydroxylation is 1. The molecule has 21 heavy (non-hydrogen) atoms. The van der Waals surface area contributed by atoms with E-state index in [9.17, 15) is 13.2 Å². The monoisotopic (exact) mass is 310 g/mol. The van der Waals surface area contributed by atoms with Crippen LogP contribution in [0.1, 0.15) is 25.0 Å². The van der Waals surface area contributed by atoms with Gasteiger partial charge in [0.2, 0.25) is 15.9 Å². The Balaban J connectivity index is 2.50. The molecule has 0 saturated heterocycles. The van der Waals surface area contributed by atoms with E-state index in [0.717, 1.165) is 16.7 Å². The Hall–Kier alpha value is -1.66. The van der Waals surface area contributed by atoms with Gasteiger partial charge in [-0.3, -0.25) is 4.79 Å². The van der Waals surface area contributed by atoms with E-state index in [4.69, 9.17) is 0 Å². The van der Waals surface area contributed by atoms with E-state index in [0.29, 0.717) is 0 Å². The third-order valence-electron chi connectivity index (χ3n) is 3.04. The minimum atomic E-state index is -3.21. The molecule has 0 aliphatic carbocycles. The van der Waals surface area contributed by atoms with Crippen LogP contribution in [0.4, 0.5) is 0 Å². The highest BCUT2D eigenvalue weighted by atomic mass is 32.2. The molecule has 0 aliphatic heterocycles. The number of hydrogen-bond acceptors (Lipinski definition) is 3. The molecule has 0 aromatic heterocycles. The number of amides is 1. The number of carbonyl (C=O) groups excluding carboxylic acids is 1. The van der Waals surface area contributed by atoms with Crippen molar-refractivity contribution in [2.24, 2.45) is 0 Å². The molecule has 0 saturated carbocycles. The van der Waals surface area contributed by atoms with Crippen molar-refractivity contribution in [2.75, 3.05) is 18.8 Å². The second-order valence-corrected chi connectivity index (χ2v) is 6.83. The zero-order chi connectivity index (χ0) is 15.9. The summed E-state index contributed by atoms with van der Waals surface area (Å²) in [6.45, 7) is 5.88. The molecule has 1 rings (SSSR count). The molecule has 0 atom stereocenters. The molecule has 0 unspecified atom stereocenters. The van der Waals surface area contributed by atoms with Crippen molar-refractivity contribution in [1.82, 2.24) is 10.0 Å². The predicted molar refractivity (Wildman–Crippen MR) is 85.3 cm³/mol. The highest BCUT2D eigenvalue weighted by molar-refractivity contribution is 7.89. The van der Waals surface area contributed by atoms with Crippen LogP contribution in [0.25, 0.3) is 5.57 Å². The van der Waals surface area contributed by atoms with Crippen LogP contribution >= 0.6 is 0 Å². The maximum atomic E-state index is 11.8. The molecule has 1 amide bonds. The summed E-state index contributed by atoms with van der Waals surface area (Å²) in [6.07, 6.45) is 1.52. The topological polar surface area (TPSA) is 75.3 Å². The van der Waals surface area contributed by atoms with E-state index in [1.54, 1.807) is 6.92 Å². The van der Waals surface area contributed by atoms with Crippen LogP contribution in [0, 0.1) is 6.92 Å². The summed E-state index contributed by atoms with van der Waals surface area (Å²) >= 11 is 0. The van der Waals surface area contributed by atoms with Crippen LogP contribution < -0.4 is 10.0 Å². The Bertz CT molecular complexity index is 622.